The normalized spacial score (nSPS) is 11.9. The summed E-state index contributed by atoms with van der Waals surface area (Å²) in [6, 6.07) is 20.7. The molecule has 0 saturated heterocycles. The monoisotopic (exact) mass is 567 g/mol. The van der Waals surface area contributed by atoms with Crippen LogP contribution in [0.3, 0.4) is 0 Å². The summed E-state index contributed by atoms with van der Waals surface area (Å²) in [7, 11) is -1.18. The Morgan fingerprint density at radius 2 is 1.50 bits per heavy atom. The summed E-state index contributed by atoms with van der Waals surface area (Å²) >= 11 is 0. The third kappa shape index (κ3) is 7.32. The molecule has 1 unspecified atom stereocenters. The van der Waals surface area contributed by atoms with Gasteiger partial charge in [0, 0.05) is 12.6 Å². The van der Waals surface area contributed by atoms with Gasteiger partial charge in [0.15, 0.2) is 0 Å². The molecule has 0 spiro atoms. The van der Waals surface area contributed by atoms with Crippen molar-refractivity contribution in [2.75, 3.05) is 25.1 Å². The average molecular weight is 568 g/mol. The molecule has 3 rings (SSSR count). The van der Waals surface area contributed by atoms with Gasteiger partial charge in [-0.25, -0.2) is 8.42 Å². The molecule has 2 amide bonds. The summed E-state index contributed by atoms with van der Waals surface area (Å²) in [6.45, 7) is 5.06. The van der Waals surface area contributed by atoms with E-state index in [4.69, 9.17) is 9.47 Å². The Balaban J connectivity index is 2.08. The van der Waals surface area contributed by atoms with Gasteiger partial charge in [0.05, 0.1) is 24.8 Å². The van der Waals surface area contributed by atoms with Crippen molar-refractivity contribution < 1.29 is 27.5 Å². The van der Waals surface area contributed by atoms with Gasteiger partial charge in [-0.15, -0.1) is 0 Å². The maximum atomic E-state index is 14.1. The van der Waals surface area contributed by atoms with Gasteiger partial charge < -0.3 is 19.7 Å². The third-order valence-corrected chi connectivity index (χ3v) is 8.07. The summed E-state index contributed by atoms with van der Waals surface area (Å²) < 4.78 is 39.6. The molecule has 214 valence electrons. The van der Waals surface area contributed by atoms with Gasteiger partial charge in [0.25, 0.3) is 10.0 Å². The number of nitrogens with one attached hydrogen (secondary N) is 1. The molecule has 0 saturated carbocycles. The van der Waals surface area contributed by atoms with Crippen molar-refractivity contribution in [3.05, 3.63) is 84.4 Å². The van der Waals surface area contributed by atoms with Gasteiger partial charge in [0.2, 0.25) is 11.8 Å². The molecule has 1 atom stereocenters. The fraction of sp³-hybridized carbons (Fsp3) is 0.333. The first-order valence-electron chi connectivity index (χ1n) is 13.1. The number of carbonyl (C=O) groups excluding carboxylic acids is 2. The molecule has 1 N–H and O–H groups in total. The number of anilines is 1. The number of ether oxygens (including phenoxy) is 2. The maximum Gasteiger partial charge on any atom is 0.264 e. The van der Waals surface area contributed by atoms with E-state index in [1.54, 1.807) is 61.7 Å². The molecule has 10 heteroatoms. The molecule has 9 nitrogen and oxygen atoms in total. The average Bonchev–Trinajstić information content (AvgIpc) is 2.96. The SMILES string of the molecule is CCC(C(=O)NC(C)C)N(Cc1ccc(OC)cc1)C(=O)CN(c1ccccc1OC)S(=O)(=O)c1ccccc1. The van der Waals surface area contributed by atoms with E-state index >= 15 is 0 Å². The predicted octanol–water partition coefficient (Wildman–Crippen LogP) is 4.23. The molecule has 40 heavy (non-hydrogen) atoms. The number of methoxy groups -OCH3 is 2. The number of hydrogen-bond donors (Lipinski definition) is 1. The zero-order valence-corrected chi connectivity index (χ0v) is 24.4. The second-order valence-corrected chi connectivity index (χ2v) is 11.3. The Morgan fingerprint density at radius 3 is 2.08 bits per heavy atom. The molecule has 0 aromatic heterocycles. The summed E-state index contributed by atoms with van der Waals surface area (Å²) in [6.07, 6.45) is 0.334. The number of nitrogens with zero attached hydrogens (tertiary/aromatic N) is 2. The third-order valence-electron chi connectivity index (χ3n) is 6.29. The number of benzene rings is 3. The highest BCUT2D eigenvalue weighted by Crippen LogP contribution is 2.32. The van der Waals surface area contributed by atoms with Crippen molar-refractivity contribution in [2.45, 2.75) is 50.7 Å². The minimum atomic E-state index is -4.18. The highest BCUT2D eigenvalue weighted by atomic mass is 32.2. The topological polar surface area (TPSA) is 105 Å². The summed E-state index contributed by atoms with van der Waals surface area (Å²) in [5, 5.41) is 2.89. The Labute approximate surface area is 236 Å². The summed E-state index contributed by atoms with van der Waals surface area (Å²) in [4.78, 5) is 28.8. The van der Waals surface area contributed by atoms with E-state index in [1.807, 2.05) is 32.9 Å². The van der Waals surface area contributed by atoms with Crippen molar-refractivity contribution >= 4 is 27.5 Å². The molecule has 0 bridgehead atoms. The zero-order valence-electron chi connectivity index (χ0n) is 23.5. The summed E-state index contributed by atoms with van der Waals surface area (Å²) in [5.41, 5.74) is 0.978. The van der Waals surface area contributed by atoms with Gasteiger partial charge in [-0.3, -0.25) is 13.9 Å². The number of carbonyl (C=O) groups is 2. The van der Waals surface area contributed by atoms with Crippen LogP contribution in [0.15, 0.2) is 83.8 Å². The molecule has 0 radical (unpaired) electrons. The smallest absolute Gasteiger partial charge is 0.264 e. The summed E-state index contributed by atoms with van der Waals surface area (Å²) in [5.74, 6) is 0.102. The van der Waals surface area contributed by atoms with E-state index in [1.165, 1.54) is 24.1 Å². The van der Waals surface area contributed by atoms with Crippen LogP contribution < -0.4 is 19.1 Å². The largest absolute Gasteiger partial charge is 0.497 e. The van der Waals surface area contributed by atoms with Crippen LogP contribution in [0, 0.1) is 0 Å². The van der Waals surface area contributed by atoms with Gasteiger partial charge in [-0.05, 0) is 62.2 Å². The Kier molecular flexibility index (Phi) is 10.6. The van der Waals surface area contributed by atoms with Crippen molar-refractivity contribution in [1.29, 1.82) is 0 Å². The van der Waals surface area contributed by atoms with Crippen LogP contribution in [0.4, 0.5) is 5.69 Å². The highest BCUT2D eigenvalue weighted by Gasteiger charge is 2.34. The molecular formula is C30H37N3O6S. The zero-order chi connectivity index (χ0) is 29.3. The molecule has 0 aliphatic heterocycles. The van der Waals surface area contributed by atoms with E-state index in [2.05, 4.69) is 5.32 Å². The molecule has 3 aromatic rings. The molecule has 0 aliphatic rings. The molecule has 0 fully saturated rings. The van der Waals surface area contributed by atoms with Gasteiger partial charge in [-0.2, -0.15) is 0 Å². The van der Waals surface area contributed by atoms with Crippen molar-refractivity contribution in [2.24, 2.45) is 0 Å². The molecule has 0 heterocycles. The first kappa shape index (κ1) is 30.5. The highest BCUT2D eigenvalue weighted by molar-refractivity contribution is 7.92. The van der Waals surface area contributed by atoms with E-state index in [0.717, 1.165) is 9.87 Å². The number of rotatable bonds is 13. The quantitative estimate of drug-likeness (QED) is 0.332. The van der Waals surface area contributed by atoms with E-state index in [-0.39, 0.29) is 29.1 Å². The van der Waals surface area contributed by atoms with Crippen LogP contribution in [0.25, 0.3) is 0 Å². The number of hydrogen-bond acceptors (Lipinski definition) is 6. The number of para-hydroxylation sites is 2. The maximum absolute atomic E-state index is 14.1. The van der Waals surface area contributed by atoms with Gasteiger partial charge in [-0.1, -0.05) is 49.4 Å². The van der Waals surface area contributed by atoms with Crippen molar-refractivity contribution in [1.82, 2.24) is 10.2 Å². The molecular weight excluding hydrogens is 530 g/mol. The van der Waals surface area contributed by atoms with E-state index < -0.39 is 28.5 Å². The lowest BCUT2D eigenvalue weighted by Gasteiger charge is -2.33. The van der Waals surface area contributed by atoms with Gasteiger partial charge >= 0.3 is 0 Å². The fourth-order valence-corrected chi connectivity index (χ4v) is 5.74. The first-order valence-corrected chi connectivity index (χ1v) is 14.5. The lowest BCUT2D eigenvalue weighted by molar-refractivity contribution is -0.140. The number of sulfonamides is 1. The van der Waals surface area contributed by atoms with E-state index in [0.29, 0.717) is 17.9 Å². The standard InChI is InChI=1S/C30H37N3O6S/c1-6-26(30(35)31-22(2)3)32(20-23-16-18-24(38-4)19-17-23)29(34)21-33(27-14-10-11-15-28(27)39-5)40(36,37)25-12-8-7-9-13-25/h7-19,22,26H,6,20-21H2,1-5H3,(H,31,35). The molecule has 0 aliphatic carbocycles. The van der Waals surface area contributed by atoms with E-state index in [9.17, 15) is 18.0 Å². The molecule has 3 aromatic carbocycles. The predicted molar refractivity (Wildman–Crippen MR) is 155 cm³/mol. The Hall–Kier alpha value is -4.05. The lowest BCUT2D eigenvalue weighted by Crippen LogP contribution is -2.53. The Bertz CT molecular complexity index is 1380. The second-order valence-electron chi connectivity index (χ2n) is 9.45. The van der Waals surface area contributed by atoms with Crippen LogP contribution in [0.1, 0.15) is 32.8 Å². The second kappa shape index (κ2) is 13.8. The fourth-order valence-electron chi connectivity index (χ4n) is 4.30. The van der Waals surface area contributed by atoms with Crippen LogP contribution in [0.2, 0.25) is 0 Å². The van der Waals surface area contributed by atoms with Crippen molar-refractivity contribution in [3.63, 3.8) is 0 Å². The van der Waals surface area contributed by atoms with Crippen LogP contribution in [0.5, 0.6) is 11.5 Å². The first-order chi connectivity index (χ1) is 19.1. The van der Waals surface area contributed by atoms with Crippen LogP contribution >= 0.6 is 0 Å². The van der Waals surface area contributed by atoms with Crippen molar-refractivity contribution in [3.8, 4) is 11.5 Å². The van der Waals surface area contributed by atoms with Gasteiger partial charge in [0.1, 0.15) is 24.1 Å². The number of amides is 2. The van der Waals surface area contributed by atoms with Crippen LogP contribution in [-0.2, 0) is 26.2 Å². The minimum Gasteiger partial charge on any atom is -0.497 e. The van der Waals surface area contributed by atoms with Crippen LogP contribution in [-0.4, -0.2) is 58.0 Å². The minimum absolute atomic E-state index is 0.0278. The Morgan fingerprint density at radius 1 is 0.875 bits per heavy atom. The lowest BCUT2D eigenvalue weighted by atomic mass is 10.1.